The van der Waals surface area contributed by atoms with Gasteiger partial charge in [0.2, 0.25) is 10.0 Å². The number of halogens is 1. The molecular formula is C10H12FNO4S. The Morgan fingerprint density at radius 3 is 2.53 bits per heavy atom. The van der Waals surface area contributed by atoms with Gasteiger partial charge in [0.1, 0.15) is 10.7 Å². The van der Waals surface area contributed by atoms with Gasteiger partial charge in [0.25, 0.3) is 0 Å². The zero-order valence-corrected chi connectivity index (χ0v) is 9.95. The summed E-state index contributed by atoms with van der Waals surface area (Å²) in [5.41, 5.74) is 0. The summed E-state index contributed by atoms with van der Waals surface area (Å²) in [6, 6.07) is 4.96. The van der Waals surface area contributed by atoms with E-state index < -0.39 is 26.7 Å². The van der Waals surface area contributed by atoms with Crippen molar-refractivity contribution >= 4 is 16.0 Å². The molecule has 0 aliphatic rings. The number of benzene rings is 1. The molecule has 0 aliphatic heterocycles. The number of aliphatic carboxylic acids is 1. The number of carboxylic acids is 1. The maximum atomic E-state index is 13.3. The van der Waals surface area contributed by atoms with E-state index in [4.69, 9.17) is 5.11 Å². The van der Waals surface area contributed by atoms with Crippen LogP contribution in [0.5, 0.6) is 0 Å². The molecule has 0 amide bonds. The number of carbonyl (C=O) groups is 1. The minimum atomic E-state index is -3.97. The average molecular weight is 261 g/mol. The maximum absolute atomic E-state index is 13.3. The summed E-state index contributed by atoms with van der Waals surface area (Å²) in [4.78, 5) is 9.89. The van der Waals surface area contributed by atoms with Gasteiger partial charge in [-0.3, -0.25) is 4.79 Å². The summed E-state index contributed by atoms with van der Waals surface area (Å²) in [6.45, 7) is -0.202. The molecule has 7 heteroatoms. The van der Waals surface area contributed by atoms with Gasteiger partial charge in [-0.15, -0.1) is 0 Å². The minimum Gasteiger partial charge on any atom is -0.481 e. The molecule has 0 unspecified atom stereocenters. The summed E-state index contributed by atoms with van der Waals surface area (Å²) in [7, 11) is -2.76. The maximum Gasteiger partial charge on any atom is 0.304 e. The Morgan fingerprint density at radius 2 is 2.00 bits per heavy atom. The summed E-state index contributed by atoms with van der Waals surface area (Å²) in [5, 5.41) is 8.46. The fourth-order valence-electron chi connectivity index (χ4n) is 1.20. The van der Waals surface area contributed by atoms with E-state index in [2.05, 4.69) is 0 Å². The van der Waals surface area contributed by atoms with E-state index in [0.717, 1.165) is 16.4 Å². The Balaban J connectivity index is 2.96. The van der Waals surface area contributed by atoms with Crippen molar-refractivity contribution in [2.24, 2.45) is 0 Å². The Hall–Kier alpha value is -1.47. The summed E-state index contributed by atoms with van der Waals surface area (Å²) < 4.78 is 37.9. The Kier molecular flexibility index (Phi) is 4.19. The van der Waals surface area contributed by atoms with Crippen molar-refractivity contribution in [3.8, 4) is 0 Å². The van der Waals surface area contributed by atoms with E-state index in [1.807, 2.05) is 0 Å². The number of hydrogen-bond donors (Lipinski definition) is 1. The fraction of sp³-hybridized carbons (Fsp3) is 0.300. The van der Waals surface area contributed by atoms with Crippen molar-refractivity contribution in [2.45, 2.75) is 11.3 Å². The highest BCUT2D eigenvalue weighted by Gasteiger charge is 2.24. The predicted octanol–water partition coefficient (Wildman–Crippen LogP) is 0.921. The zero-order valence-electron chi connectivity index (χ0n) is 9.13. The molecule has 0 spiro atoms. The van der Waals surface area contributed by atoms with E-state index >= 15 is 0 Å². The van der Waals surface area contributed by atoms with E-state index in [-0.39, 0.29) is 13.0 Å². The van der Waals surface area contributed by atoms with Gasteiger partial charge in [0, 0.05) is 13.6 Å². The molecule has 94 valence electrons. The number of sulfonamides is 1. The van der Waals surface area contributed by atoms with Crippen LogP contribution < -0.4 is 0 Å². The first-order chi connectivity index (χ1) is 7.85. The first-order valence-electron chi connectivity index (χ1n) is 4.78. The highest BCUT2D eigenvalue weighted by atomic mass is 32.2. The van der Waals surface area contributed by atoms with Crippen LogP contribution in [0, 0.1) is 5.82 Å². The van der Waals surface area contributed by atoms with Gasteiger partial charge in [0.05, 0.1) is 6.42 Å². The molecule has 0 saturated heterocycles. The molecule has 1 rings (SSSR count). The molecular weight excluding hydrogens is 249 g/mol. The predicted molar refractivity (Wildman–Crippen MR) is 58.5 cm³/mol. The number of hydrogen-bond acceptors (Lipinski definition) is 3. The van der Waals surface area contributed by atoms with Gasteiger partial charge in [-0.25, -0.2) is 17.1 Å². The van der Waals surface area contributed by atoms with E-state index in [9.17, 15) is 17.6 Å². The van der Waals surface area contributed by atoms with Crippen LogP contribution in [0.3, 0.4) is 0 Å². The molecule has 0 aliphatic carbocycles. The van der Waals surface area contributed by atoms with Gasteiger partial charge in [-0.1, -0.05) is 12.1 Å². The topological polar surface area (TPSA) is 74.7 Å². The normalized spacial score (nSPS) is 11.7. The lowest BCUT2D eigenvalue weighted by atomic mass is 10.4. The first-order valence-corrected chi connectivity index (χ1v) is 6.22. The van der Waals surface area contributed by atoms with Crippen molar-refractivity contribution in [3.05, 3.63) is 30.1 Å². The molecule has 5 nitrogen and oxygen atoms in total. The second kappa shape index (κ2) is 5.24. The Bertz CT molecular complexity index is 515. The van der Waals surface area contributed by atoms with Crippen LogP contribution in [0.15, 0.2) is 29.2 Å². The molecule has 1 N–H and O–H groups in total. The van der Waals surface area contributed by atoms with Crippen molar-refractivity contribution in [1.29, 1.82) is 0 Å². The third-order valence-corrected chi connectivity index (χ3v) is 4.06. The lowest BCUT2D eigenvalue weighted by Crippen LogP contribution is -2.29. The molecule has 0 radical (unpaired) electrons. The van der Waals surface area contributed by atoms with Gasteiger partial charge in [0.15, 0.2) is 0 Å². The van der Waals surface area contributed by atoms with E-state index in [0.29, 0.717) is 0 Å². The van der Waals surface area contributed by atoms with Crippen molar-refractivity contribution in [1.82, 2.24) is 4.31 Å². The second-order valence-electron chi connectivity index (χ2n) is 3.40. The van der Waals surface area contributed by atoms with Crippen LogP contribution in [0.2, 0.25) is 0 Å². The van der Waals surface area contributed by atoms with Crippen LogP contribution in [-0.2, 0) is 14.8 Å². The van der Waals surface area contributed by atoms with Crippen molar-refractivity contribution < 1.29 is 22.7 Å². The van der Waals surface area contributed by atoms with E-state index in [1.54, 1.807) is 0 Å². The molecule has 0 aromatic heterocycles. The van der Waals surface area contributed by atoms with Crippen LogP contribution in [0.4, 0.5) is 4.39 Å². The van der Waals surface area contributed by atoms with Gasteiger partial charge >= 0.3 is 5.97 Å². The second-order valence-corrected chi connectivity index (χ2v) is 5.41. The third kappa shape index (κ3) is 3.24. The number of nitrogens with zero attached hydrogens (tertiary/aromatic N) is 1. The standard InChI is InChI=1S/C10H12FNO4S/c1-12(7-6-10(13)14)17(15,16)9-5-3-2-4-8(9)11/h2-5H,6-7H2,1H3,(H,13,14). The lowest BCUT2D eigenvalue weighted by molar-refractivity contribution is -0.137. The summed E-state index contributed by atoms with van der Waals surface area (Å²) in [5.74, 6) is -1.96. The molecule has 17 heavy (non-hydrogen) atoms. The van der Waals surface area contributed by atoms with Crippen molar-refractivity contribution in [2.75, 3.05) is 13.6 Å². The number of rotatable bonds is 5. The molecule has 1 aromatic rings. The Labute approximate surface area is 98.5 Å². The molecule has 0 saturated carbocycles. The largest absolute Gasteiger partial charge is 0.481 e. The summed E-state index contributed by atoms with van der Waals surface area (Å²) in [6.07, 6.45) is -0.329. The van der Waals surface area contributed by atoms with Gasteiger partial charge in [-0.2, -0.15) is 0 Å². The van der Waals surface area contributed by atoms with Crippen LogP contribution in [0.25, 0.3) is 0 Å². The minimum absolute atomic E-state index is 0.202. The molecule has 0 atom stereocenters. The smallest absolute Gasteiger partial charge is 0.304 e. The van der Waals surface area contributed by atoms with Crippen LogP contribution >= 0.6 is 0 Å². The van der Waals surface area contributed by atoms with Gasteiger partial charge < -0.3 is 5.11 Å². The van der Waals surface area contributed by atoms with Crippen molar-refractivity contribution in [3.63, 3.8) is 0 Å². The number of carboxylic acid groups (broad SMARTS) is 1. The lowest BCUT2D eigenvalue weighted by Gasteiger charge is -2.16. The molecule has 0 heterocycles. The quantitative estimate of drug-likeness (QED) is 0.855. The highest BCUT2D eigenvalue weighted by molar-refractivity contribution is 7.89. The molecule has 1 aromatic carbocycles. The van der Waals surface area contributed by atoms with Crippen LogP contribution in [-0.4, -0.2) is 37.4 Å². The van der Waals surface area contributed by atoms with Crippen LogP contribution in [0.1, 0.15) is 6.42 Å². The fourth-order valence-corrected chi connectivity index (χ4v) is 2.43. The SMILES string of the molecule is CN(CCC(=O)O)S(=O)(=O)c1ccccc1F. The molecule has 0 bridgehead atoms. The Morgan fingerprint density at radius 1 is 1.41 bits per heavy atom. The zero-order chi connectivity index (χ0) is 13.1. The highest BCUT2D eigenvalue weighted by Crippen LogP contribution is 2.17. The van der Waals surface area contributed by atoms with Gasteiger partial charge in [-0.05, 0) is 12.1 Å². The average Bonchev–Trinajstić information content (AvgIpc) is 2.26. The molecule has 0 fully saturated rings. The third-order valence-electron chi connectivity index (χ3n) is 2.17. The first kappa shape index (κ1) is 13.6. The summed E-state index contributed by atoms with van der Waals surface area (Å²) >= 11 is 0. The van der Waals surface area contributed by atoms with E-state index in [1.165, 1.54) is 19.2 Å². The monoisotopic (exact) mass is 261 g/mol.